The zero-order valence-corrected chi connectivity index (χ0v) is 14.7. The van der Waals surface area contributed by atoms with Crippen LogP contribution < -0.4 is 10.5 Å². The molecule has 0 aliphatic rings. The normalized spacial score (nSPS) is 12.0. The van der Waals surface area contributed by atoms with Crippen molar-refractivity contribution in [2.24, 2.45) is 5.73 Å². The lowest BCUT2D eigenvalue weighted by Crippen LogP contribution is -2.32. The summed E-state index contributed by atoms with van der Waals surface area (Å²) < 4.78 is 7.21. The average molecular weight is 430 g/mol. The van der Waals surface area contributed by atoms with Crippen LogP contribution in [0.1, 0.15) is 11.3 Å². The third-order valence-electron chi connectivity index (χ3n) is 2.92. The minimum Gasteiger partial charge on any atom is -0.485 e. The second kappa shape index (κ2) is 7.71. The number of aliphatic carboxylic acids is 1. The standard InChI is InChI=1S/C15H14Br2N2O3/c16-11-5-9(7-13(18)15(20)21)6-12(17)14(11)22-8-10-3-1-2-4-19-10/h1-6,13H,7-8,18H2,(H,20,21). The molecule has 0 saturated heterocycles. The van der Waals surface area contributed by atoms with Gasteiger partial charge in [0.2, 0.25) is 0 Å². The van der Waals surface area contributed by atoms with Crippen molar-refractivity contribution in [2.45, 2.75) is 19.1 Å². The van der Waals surface area contributed by atoms with Crippen molar-refractivity contribution in [3.8, 4) is 5.75 Å². The van der Waals surface area contributed by atoms with Gasteiger partial charge in [0.1, 0.15) is 18.4 Å². The van der Waals surface area contributed by atoms with Gasteiger partial charge in [-0.1, -0.05) is 6.07 Å². The Morgan fingerprint density at radius 2 is 2.00 bits per heavy atom. The van der Waals surface area contributed by atoms with E-state index in [9.17, 15) is 4.79 Å². The van der Waals surface area contributed by atoms with E-state index in [0.29, 0.717) is 12.4 Å². The molecule has 1 atom stereocenters. The van der Waals surface area contributed by atoms with Crippen molar-refractivity contribution in [3.05, 3.63) is 56.7 Å². The van der Waals surface area contributed by atoms with E-state index in [2.05, 4.69) is 36.8 Å². The number of aromatic nitrogens is 1. The molecule has 1 aromatic heterocycles. The topological polar surface area (TPSA) is 85.4 Å². The molecule has 0 aliphatic carbocycles. The Morgan fingerprint density at radius 1 is 1.32 bits per heavy atom. The maximum atomic E-state index is 10.8. The number of carbonyl (C=O) groups is 1. The minimum absolute atomic E-state index is 0.243. The maximum Gasteiger partial charge on any atom is 0.320 e. The summed E-state index contributed by atoms with van der Waals surface area (Å²) in [6.45, 7) is 0.339. The SMILES string of the molecule is NC(Cc1cc(Br)c(OCc2ccccn2)c(Br)c1)C(=O)O. The van der Waals surface area contributed by atoms with Gasteiger partial charge in [0.25, 0.3) is 0 Å². The summed E-state index contributed by atoms with van der Waals surface area (Å²) in [5.74, 6) is -0.388. The number of carboxylic acid groups (broad SMARTS) is 1. The molecule has 2 aromatic rings. The summed E-state index contributed by atoms with van der Waals surface area (Å²) in [4.78, 5) is 15.0. The molecule has 1 heterocycles. The first-order valence-corrected chi connectivity index (χ1v) is 8.05. The van der Waals surface area contributed by atoms with Crippen LogP contribution in [0.3, 0.4) is 0 Å². The van der Waals surface area contributed by atoms with Crippen LogP contribution in [-0.2, 0) is 17.8 Å². The van der Waals surface area contributed by atoms with E-state index >= 15 is 0 Å². The first-order chi connectivity index (χ1) is 10.5. The molecule has 22 heavy (non-hydrogen) atoms. The molecule has 0 saturated carbocycles. The zero-order valence-electron chi connectivity index (χ0n) is 11.5. The molecule has 0 aliphatic heterocycles. The fourth-order valence-electron chi connectivity index (χ4n) is 1.84. The second-order valence-electron chi connectivity index (χ2n) is 4.65. The number of ether oxygens (including phenoxy) is 1. The Hall–Kier alpha value is -1.44. The van der Waals surface area contributed by atoms with Crippen molar-refractivity contribution in [2.75, 3.05) is 0 Å². The number of benzene rings is 1. The van der Waals surface area contributed by atoms with E-state index < -0.39 is 12.0 Å². The highest BCUT2D eigenvalue weighted by molar-refractivity contribution is 9.11. The highest BCUT2D eigenvalue weighted by atomic mass is 79.9. The van der Waals surface area contributed by atoms with Crippen LogP contribution in [0.25, 0.3) is 0 Å². The number of pyridine rings is 1. The summed E-state index contributed by atoms with van der Waals surface area (Å²) in [7, 11) is 0. The van der Waals surface area contributed by atoms with Crippen LogP contribution in [0.2, 0.25) is 0 Å². The molecule has 0 spiro atoms. The highest BCUT2D eigenvalue weighted by Crippen LogP contribution is 2.35. The van der Waals surface area contributed by atoms with Gasteiger partial charge in [0.05, 0.1) is 14.6 Å². The Morgan fingerprint density at radius 3 is 2.55 bits per heavy atom. The van der Waals surface area contributed by atoms with Crippen molar-refractivity contribution >= 4 is 37.8 Å². The highest BCUT2D eigenvalue weighted by Gasteiger charge is 2.15. The molecular formula is C15H14Br2N2O3. The van der Waals surface area contributed by atoms with E-state index in [1.807, 2.05) is 18.2 Å². The number of carboxylic acids is 1. The van der Waals surface area contributed by atoms with Crippen molar-refractivity contribution in [3.63, 3.8) is 0 Å². The molecule has 0 amide bonds. The van der Waals surface area contributed by atoms with Crippen LogP contribution in [0, 0.1) is 0 Å². The van der Waals surface area contributed by atoms with Gasteiger partial charge in [-0.25, -0.2) is 0 Å². The Bertz CT molecular complexity index is 642. The van der Waals surface area contributed by atoms with Crippen LogP contribution in [0.4, 0.5) is 0 Å². The van der Waals surface area contributed by atoms with Crippen LogP contribution in [-0.4, -0.2) is 22.1 Å². The van der Waals surface area contributed by atoms with Crippen molar-refractivity contribution in [1.29, 1.82) is 0 Å². The van der Waals surface area contributed by atoms with Gasteiger partial charge in [-0.05, 0) is 68.1 Å². The predicted molar refractivity (Wildman–Crippen MR) is 89.7 cm³/mol. The number of halogens is 2. The van der Waals surface area contributed by atoms with Gasteiger partial charge < -0.3 is 15.6 Å². The van der Waals surface area contributed by atoms with Gasteiger partial charge in [-0.15, -0.1) is 0 Å². The smallest absolute Gasteiger partial charge is 0.320 e. The van der Waals surface area contributed by atoms with Crippen LogP contribution in [0.5, 0.6) is 5.75 Å². The lowest BCUT2D eigenvalue weighted by atomic mass is 10.1. The number of hydrogen-bond acceptors (Lipinski definition) is 4. The number of nitrogens with two attached hydrogens (primary N) is 1. The number of rotatable bonds is 6. The molecule has 0 bridgehead atoms. The fourth-order valence-corrected chi connectivity index (χ4v) is 3.35. The Balaban J connectivity index is 2.11. The average Bonchev–Trinajstić information content (AvgIpc) is 2.47. The van der Waals surface area contributed by atoms with Crippen molar-refractivity contribution < 1.29 is 14.6 Å². The van der Waals surface area contributed by atoms with Crippen molar-refractivity contribution in [1.82, 2.24) is 4.98 Å². The summed E-state index contributed by atoms with van der Waals surface area (Å²) in [6, 6.07) is 8.30. The molecule has 5 nitrogen and oxygen atoms in total. The zero-order chi connectivity index (χ0) is 16.1. The molecule has 2 rings (SSSR count). The van der Waals surface area contributed by atoms with E-state index in [0.717, 1.165) is 20.2 Å². The molecule has 3 N–H and O–H groups in total. The first kappa shape index (κ1) is 16.9. The Kier molecular flexibility index (Phi) is 5.93. The molecule has 1 aromatic carbocycles. The second-order valence-corrected chi connectivity index (χ2v) is 6.36. The number of nitrogens with zero attached hydrogens (tertiary/aromatic N) is 1. The Labute approximate surface area is 144 Å². The molecule has 116 valence electrons. The molecule has 1 unspecified atom stereocenters. The quantitative estimate of drug-likeness (QED) is 0.736. The molecule has 0 fully saturated rings. The van der Waals surface area contributed by atoms with E-state index in [-0.39, 0.29) is 6.42 Å². The van der Waals surface area contributed by atoms with E-state index in [1.165, 1.54) is 0 Å². The number of hydrogen-bond donors (Lipinski definition) is 2. The third kappa shape index (κ3) is 4.53. The van der Waals surface area contributed by atoms with Crippen LogP contribution >= 0.6 is 31.9 Å². The van der Waals surface area contributed by atoms with E-state index in [4.69, 9.17) is 15.6 Å². The summed E-state index contributed by atoms with van der Waals surface area (Å²) >= 11 is 6.87. The van der Waals surface area contributed by atoms with Crippen LogP contribution in [0.15, 0.2) is 45.5 Å². The molecule has 0 radical (unpaired) electrons. The largest absolute Gasteiger partial charge is 0.485 e. The molecular weight excluding hydrogens is 416 g/mol. The van der Waals surface area contributed by atoms with Gasteiger partial charge >= 0.3 is 5.97 Å². The summed E-state index contributed by atoms with van der Waals surface area (Å²) in [5, 5.41) is 8.87. The lowest BCUT2D eigenvalue weighted by molar-refractivity contribution is -0.138. The minimum atomic E-state index is -1.03. The maximum absolute atomic E-state index is 10.8. The fraction of sp³-hybridized carbons (Fsp3) is 0.200. The summed E-state index contributed by atoms with van der Waals surface area (Å²) in [6.07, 6.45) is 1.95. The lowest BCUT2D eigenvalue weighted by Gasteiger charge is -2.13. The van der Waals surface area contributed by atoms with E-state index in [1.54, 1.807) is 18.3 Å². The third-order valence-corrected chi connectivity index (χ3v) is 4.10. The first-order valence-electron chi connectivity index (χ1n) is 6.46. The predicted octanol–water partition coefficient (Wildman–Crippen LogP) is 3.14. The molecule has 7 heteroatoms. The van der Waals surface area contributed by atoms with Gasteiger partial charge in [0.15, 0.2) is 0 Å². The monoisotopic (exact) mass is 428 g/mol. The van der Waals surface area contributed by atoms with Gasteiger partial charge in [-0.3, -0.25) is 9.78 Å². The van der Waals surface area contributed by atoms with Gasteiger partial charge in [-0.2, -0.15) is 0 Å². The summed E-state index contributed by atoms with van der Waals surface area (Å²) in [5.41, 5.74) is 7.17. The van der Waals surface area contributed by atoms with Gasteiger partial charge in [0, 0.05) is 6.20 Å².